The van der Waals surface area contributed by atoms with Gasteiger partial charge in [-0.2, -0.15) is 0 Å². The van der Waals surface area contributed by atoms with E-state index < -0.39 is 11.6 Å². The number of hydrogen-bond donors (Lipinski definition) is 1. The summed E-state index contributed by atoms with van der Waals surface area (Å²) in [7, 11) is 0. The summed E-state index contributed by atoms with van der Waals surface area (Å²) in [5, 5.41) is 3.29. The second kappa shape index (κ2) is 11.6. The van der Waals surface area contributed by atoms with Crippen molar-refractivity contribution in [3.8, 4) is 0 Å². The Morgan fingerprint density at radius 2 is 1.83 bits per heavy atom. The molecule has 0 aromatic heterocycles. The molecule has 1 atom stereocenters. The smallest absolute Gasteiger partial charge is 0.145 e. The van der Waals surface area contributed by atoms with Crippen LogP contribution in [0.5, 0.6) is 0 Å². The summed E-state index contributed by atoms with van der Waals surface area (Å²) in [6, 6.07) is 2.63. The zero-order valence-electron chi connectivity index (χ0n) is 13.3. The predicted molar refractivity (Wildman–Crippen MR) is 99.9 cm³/mol. The van der Waals surface area contributed by atoms with Crippen LogP contribution in [-0.2, 0) is 0 Å². The molecule has 0 saturated carbocycles. The Balaban J connectivity index is 0.00000242. The van der Waals surface area contributed by atoms with Crippen molar-refractivity contribution in [1.82, 2.24) is 10.2 Å². The van der Waals surface area contributed by atoms with E-state index in [4.69, 9.17) is 0 Å². The van der Waals surface area contributed by atoms with E-state index in [2.05, 4.69) is 33.1 Å². The number of nitrogens with zero attached hydrogens (tertiary/aromatic N) is 1. The average molecular weight is 434 g/mol. The average Bonchev–Trinajstić information content (AvgIpc) is 2.51. The summed E-state index contributed by atoms with van der Waals surface area (Å²) in [5.74, 6) is -0.884. The van der Waals surface area contributed by atoms with Gasteiger partial charge in [0, 0.05) is 37.8 Å². The quantitative estimate of drug-likeness (QED) is 0.496. The van der Waals surface area contributed by atoms with E-state index in [1.165, 1.54) is 12.1 Å². The molecule has 1 N–H and O–H groups in total. The Kier molecular flexibility index (Phi) is 11.6. The van der Waals surface area contributed by atoms with E-state index in [0.717, 1.165) is 51.9 Å². The highest BCUT2D eigenvalue weighted by Crippen LogP contribution is 2.33. The van der Waals surface area contributed by atoms with Crippen LogP contribution in [0.1, 0.15) is 44.2 Å². The van der Waals surface area contributed by atoms with Crippen molar-refractivity contribution in [2.45, 2.75) is 38.6 Å². The number of halogens is 5. The van der Waals surface area contributed by atoms with Gasteiger partial charge in [-0.05, 0) is 34.5 Å². The van der Waals surface area contributed by atoms with E-state index in [-0.39, 0.29) is 36.4 Å². The maximum atomic E-state index is 14.4. The van der Waals surface area contributed by atoms with Gasteiger partial charge < -0.3 is 5.32 Å². The highest BCUT2D eigenvalue weighted by molar-refractivity contribution is 9.10. The lowest BCUT2D eigenvalue weighted by Crippen LogP contribution is -2.45. The molecule has 0 amide bonds. The molecule has 134 valence electrons. The molecule has 1 heterocycles. The standard InChI is InChI=1S/C16H23BrF2N2.2ClH/c1-2-3-4-5-14(21-10-8-20-9-11-21)15-13(18)7-6-12(17)16(15)19;;/h6-7,14,20H,2-5,8-11H2,1H3;2*1H/t14-;;/m0../s1. The number of hydrogen-bond acceptors (Lipinski definition) is 2. The largest absolute Gasteiger partial charge is 0.314 e. The first-order chi connectivity index (χ1) is 10.1. The van der Waals surface area contributed by atoms with E-state index in [9.17, 15) is 8.78 Å². The highest BCUT2D eigenvalue weighted by atomic mass is 79.9. The molecule has 2 nitrogen and oxygen atoms in total. The van der Waals surface area contributed by atoms with Crippen LogP contribution in [0, 0.1) is 11.6 Å². The zero-order chi connectivity index (χ0) is 15.2. The molecule has 7 heteroatoms. The van der Waals surface area contributed by atoms with E-state index in [1.54, 1.807) is 0 Å². The van der Waals surface area contributed by atoms with Gasteiger partial charge in [-0.15, -0.1) is 24.8 Å². The summed E-state index contributed by atoms with van der Waals surface area (Å²) in [6.07, 6.45) is 4.01. The molecule has 0 spiro atoms. The van der Waals surface area contributed by atoms with Crippen LogP contribution in [0.4, 0.5) is 8.78 Å². The number of benzene rings is 1. The van der Waals surface area contributed by atoms with Gasteiger partial charge in [0.2, 0.25) is 0 Å². The summed E-state index contributed by atoms with van der Waals surface area (Å²) in [6.45, 7) is 5.56. The summed E-state index contributed by atoms with van der Waals surface area (Å²) in [4.78, 5) is 2.21. The fraction of sp³-hybridized carbons (Fsp3) is 0.625. The lowest BCUT2D eigenvalue weighted by Gasteiger charge is -2.35. The lowest BCUT2D eigenvalue weighted by molar-refractivity contribution is 0.156. The summed E-state index contributed by atoms with van der Waals surface area (Å²) in [5.41, 5.74) is 0.224. The molecular weight excluding hydrogens is 409 g/mol. The van der Waals surface area contributed by atoms with Crippen molar-refractivity contribution in [1.29, 1.82) is 0 Å². The fourth-order valence-corrected chi connectivity index (χ4v) is 3.28. The minimum Gasteiger partial charge on any atom is -0.314 e. The molecule has 0 bridgehead atoms. The number of nitrogens with one attached hydrogen (secondary N) is 1. The normalized spacial score (nSPS) is 16.3. The van der Waals surface area contributed by atoms with Gasteiger partial charge in [-0.1, -0.05) is 26.2 Å². The van der Waals surface area contributed by atoms with Gasteiger partial charge in [-0.25, -0.2) is 8.78 Å². The molecule has 1 aromatic carbocycles. The van der Waals surface area contributed by atoms with Gasteiger partial charge in [0.25, 0.3) is 0 Å². The Morgan fingerprint density at radius 1 is 1.17 bits per heavy atom. The maximum absolute atomic E-state index is 14.4. The number of piperazine rings is 1. The van der Waals surface area contributed by atoms with Crippen molar-refractivity contribution in [3.63, 3.8) is 0 Å². The van der Waals surface area contributed by atoms with Crippen molar-refractivity contribution >= 4 is 40.7 Å². The van der Waals surface area contributed by atoms with Gasteiger partial charge >= 0.3 is 0 Å². The second-order valence-electron chi connectivity index (χ2n) is 5.55. The Labute approximate surface area is 158 Å². The second-order valence-corrected chi connectivity index (χ2v) is 6.41. The van der Waals surface area contributed by atoms with Gasteiger partial charge in [0.05, 0.1) is 4.47 Å². The molecule has 23 heavy (non-hydrogen) atoms. The van der Waals surface area contributed by atoms with Gasteiger partial charge in [-0.3, -0.25) is 4.90 Å². The molecule has 2 rings (SSSR count). The molecule has 0 radical (unpaired) electrons. The van der Waals surface area contributed by atoms with Crippen molar-refractivity contribution in [2.24, 2.45) is 0 Å². The number of unbranched alkanes of at least 4 members (excludes halogenated alkanes) is 2. The zero-order valence-corrected chi connectivity index (χ0v) is 16.5. The molecule has 1 aliphatic heterocycles. The van der Waals surface area contributed by atoms with E-state index in [1.807, 2.05) is 0 Å². The Bertz CT molecular complexity index is 472. The van der Waals surface area contributed by atoms with Crippen LogP contribution < -0.4 is 5.32 Å². The van der Waals surface area contributed by atoms with Crippen LogP contribution in [0.2, 0.25) is 0 Å². The monoisotopic (exact) mass is 432 g/mol. The third-order valence-electron chi connectivity index (χ3n) is 4.09. The fourth-order valence-electron chi connectivity index (χ4n) is 2.94. The number of rotatable bonds is 6. The molecule has 1 fully saturated rings. The van der Waals surface area contributed by atoms with Crippen LogP contribution in [0.3, 0.4) is 0 Å². The Hall–Kier alpha value is 0.0600. The molecule has 1 aromatic rings. The first-order valence-corrected chi connectivity index (χ1v) is 8.52. The minimum atomic E-state index is -0.449. The first kappa shape index (κ1) is 23.1. The highest BCUT2D eigenvalue weighted by Gasteiger charge is 2.28. The van der Waals surface area contributed by atoms with Crippen LogP contribution in [-0.4, -0.2) is 31.1 Å². The van der Waals surface area contributed by atoms with Crippen LogP contribution >= 0.6 is 40.7 Å². The molecular formula is C16H25BrCl2F2N2. The van der Waals surface area contributed by atoms with Crippen LogP contribution in [0.25, 0.3) is 0 Å². The van der Waals surface area contributed by atoms with E-state index in [0.29, 0.717) is 4.47 Å². The third kappa shape index (κ3) is 6.13. The van der Waals surface area contributed by atoms with Crippen LogP contribution in [0.15, 0.2) is 16.6 Å². The van der Waals surface area contributed by atoms with Crippen molar-refractivity contribution in [3.05, 3.63) is 33.8 Å². The molecule has 1 saturated heterocycles. The van der Waals surface area contributed by atoms with Gasteiger partial charge in [0.15, 0.2) is 0 Å². The summed E-state index contributed by atoms with van der Waals surface area (Å²) >= 11 is 3.18. The first-order valence-electron chi connectivity index (χ1n) is 7.73. The van der Waals surface area contributed by atoms with Crippen molar-refractivity contribution < 1.29 is 8.78 Å². The lowest BCUT2D eigenvalue weighted by atomic mass is 9.97. The third-order valence-corrected chi connectivity index (χ3v) is 4.70. The predicted octanol–water partition coefficient (Wildman–Crippen LogP) is 5.10. The van der Waals surface area contributed by atoms with E-state index >= 15 is 0 Å². The topological polar surface area (TPSA) is 15.3 Å². The molecule has 0 aliphatic carbocycles. The van der Waals surface area contributed by atoms with Gasteiger partial charge in [0.1, 0.15) is 11.6 Å². The summed E-state index contributed by atoms with van der Waals surface area (Å²) < 4.78 is 29.0. The maximum Gasteiger partial charge on any atom is 0.145 e. The Morgan fingerprint density at radius 3 is 2.43 bits per heavy atom. The molecule has 1 aliphatic rings. The molecule has 0 unspecified atom stereocenters. The minimum absolute atomic E-state index is 0. The SMILES string of the molecule is CCCCC[C@@H](c1c(F)ccc(Br)c1F)N1CCNCC1.Cl.Cl. The van der Waals surface area contributed by atoms with Crippen molar-refractivity contribution in [2.75, 3.05) is 26.2 Å².